The fraction of sp³-hybridized carbons (Fsp3) is 0.300. The third-order valence-electron chi connectivity index (χ3n) is 3.68. The molecule has 0 N–H and O–H groups in total. The lowest BCUT2D eigenvalue weighted by Gasteiger charge is -2.22. The van der Waals surface area contributed by atoms with E-state index >= 15 is 0 Å². The third kappa shape index (κ3) is 4.31. The number of carbonyl (C=O) groups excluding carboxylic acids is 1. The molecule has 0 radical (unpaired) electrons. The van der Waals surface area contributed by atoms with E-state index in [9.17, 15) is 4.79 Å². The van der Waals surface area contributed by atoms with Crippen LogP contribution in [-0.2, 0) is 10.3 Å². The van der Waals surface area contributed by atoms with Crippen molar-refractivity contribution in [2.75, 3.05) is 6.61 Å². The number of benzene rings is 1. The van der Waals surface area contributed by atoms with Gasteiger partial charge in [0.1, 0.15) is 5.75 Å². The number of hydrogen-bond acceptors (Lipinski definition) is 6. The van der Waals surface area contributed by atoms with Crippen LogP contribution in [0.3, 0.4) is 0 Å². The summed E-state index contributed by atoms with van der Waals surface area (Å²) in [4.78, 5) is 20.8. The molecule has 0 aliphatic carbocycles. The summed E-state index contributed by atoms with van der Waals surface area (Å²) >= 11 is 0. The highest BCUT2D eigenvalue weighted by atomic mass is 16.5. The first-order valence-electron chi connectivity index (χ1n) is 8.72. The van der Waals surface area contributed by atoms with Crippen LogP contribution in [0.2, 0.25) is 0 Å². The Morgan fingerprint density at radius 2 is 1.89 bits per heavy atom. The van der Waals surface area contributed by atoms with Gasteiger partial charge in [0, 0.05) is 12.3 Å². The van der Waals surface area contributed by atoms with Crippen LogP contribution in [0.4, 0.5) is 0 Å². The molecule has 2 heterocycles. The summed E-state index contributed by atoms with van der Waals surface area (Å²) in [6.07, 6.45) is 1.62. The van der Waals surface area contributed by atoms with Crippen LogP contribution in [0.1, 0.15) is 38.2 Å². The van der Waals surface area contributed by atoms with Gasteiger partial charge in [-0.15, -0.1) is 0 Å². The lowest BCUT2D eigenvalue weighted by atomic mass is 10.1. The average Bonchev–Trinajstić information content (AvgIpc) is 3.09. The normalized spacial score (nSPS) is 11.3. The quantitative estimate of drug-likeness (QED) is 0.634. The van der Waals surface area contributed by atoms with E-state index in [0.717, 1.165) is 0 Å². The first kappa shape index (κ1) is 18.6. The first-order chi connectivity index (χ1) is 12.9. The summed E-state index contributed by atoms with van der Waals surface area (Å²) in [5.74, 6) is 0.183. The zero-order valence-electron chi connectivity index (χ0n) is 15.8. The molecule has 0 bridgehead atoms. The van der Waals surface area contributed by atoms with Gasteiger partial charge in [0.05, 0.1) is 23.5 Å². The zero-order chi connectivity index (χ0) is 19.4. The van der Waals surface area contributed by atoms with Crippen LogP contribution in [0.5, 0.6) is 11.8 Å². The van der Waals surface area contributed by atoms with Gasteiger partial charge in [-0.1, -0.05) is 18.2 Å². The van der Waals surface area contributed by atoms with E-state index in [4.69, 9.17) is 9.47 Å². The molecule has 27 heavy (non-hydrogen) atoms. The molecular formula is C20H22N4O3. The van der Waals surface area contributed by atoms with Gasteiger partial charge in [0.15, 0.2) is 5.69 Å². The maximum absolute atomic E-state index is 12.1. The monoisotopic (exact) mass is 366 g/mol. The van der Waals surface area contributed by atoms with Gasteiger partial charge in [-0.05, 0) is 45.9 Å². The largest absolute Gasteiger partial charge is 0.461 e. The lowest BCUT2D eigenvalue weighted by molar-refractivity contribution is 0.0517. The average molecular weight is 366 g/mol. The Morgan fingerprint density at radius 3 is 2.56 bits per heavy atom. The summed E-state index contributed by atoms with van der Waals surface area (Å²) in [5, 5.41) is 4.43. The minimum atomic E-state index is -0.462. The van der Waals surface area contributed by atoms with E-state index in [1.54, 1.807) is 29.9 Å². The molecule has 0 unspecified atom stereocenters. The fourth-order valence-corrected chi connectivity index (χ4v) is 2.51. The van der Waals surface area contributed by atoms with Crippen molar-refractivity contribution in [3.8, 4) is 23.1 Å². The van der Waals surface area contributed by atoms with Gasteiger partial charge < -0.3 is 9.47 Å². The molecule has 7 heteroatoms. The van der Waals surface area contributed by atoms with Gasteiger partial charge in [0.2, 0.25) is 0 Å². The first-order valence-corrected chi connectivity index (χ1v) is 8.72. The van der Waals surface area contributed by atoms with Gasteiger partial charge in [-0.25, -0.2) is 9.78 Å². The number of nitrogens with zero attached hydrogens (tertiary/aromatic N) is 4. The van der Waals surface area contributed by atoms with Gasteiger partial charge in [-0.3, -0.25) is 4.68 Å². The van der Waals surface area contributed by atoms with E-state index in [1.807, 2.05) is 51.1 Å². The van der Waals surface area contributed by atoms with Crippen LogP contribution in [0.15, 0.2) is 48.7 Å². The van der Waals surface area contributed by atoms with Crippen molar-refractivity contribution >= 4 is 5.97 Å². The van der Waals surface area contributed by atoms with Crippen LogP contribution in [0, 0.1) is 0 Å². The maximum atomic E-state index is 12.1. The van der Waals surface area contributed by atoms with Gasteiger partial charge in [-0.2, -0.15) is 10.1 Å². The van der Waals surface area contributed by atoms with E-state index < -0.39 is 5.97 Å². The van der Waals surface area contributed by atoms with Gasteiger partial charge in [0.25, 0.3) is 0 Å². The zero-order valence-corrected chi connectivity index (χ0v) is 15.8. The number of esters is 1. The van der Waals surface area contributed by atoms with E-state index in [2.05, 4.69) is 15.1 Å². The predicted molar refractivity (Wildman–Crippen MR) is 101 cm³/mol. The molecule has 0 spiro atoms. The second-order valence-corrected chi connectivity index (χ2v) is 6.86. The Kier molecular flexibility index (Phi) is 5.21. The SMILES string of the molecule is CCOC(=O)c1cc(-c2ccnc(Oc3ccccc3)n2)n(C(C)(C)C)n1. The van der Waals surface area contributed by atoms with Crippen molar-refractivity contribution < 1.29 is 14.3 Å². The molecule has 0 aliphatic rings. The molecule has 0 fully saturated rings. The second kappa shape index (κ2) is 7.57. The number of carbonyl (C=O) groups is 1. The molecule has 2 aromatic heterocycles. The summed E-state index contributed by atoms with van der Waals surface area (Å²) in [5.41, 5.74) is 1.18. The molecule has 0 saturated carbocycles. The summed E-state index contributed by atoms with van der Waals surface area (Å²) in [7, 11) is 0. The van der Waals surface area contributed by atoms with Crippen LogP contribution in [-0.4, -0.2) is 32.3 Å². The highest BCUT2D eigenvalue weighted by Gasteiger charge is 2.24. The minimum Gasteiger partial charge on any atom is -0.461 e. The molecular weight excluding hydrogens is 344 g/mol. The summed E-state index contributed by atoms with van der Waals surface area (Å²) < 4.78 is 12.5. The van der Waals surface area contributed by atoms with Crippen LogP contribution >= 0.6 is 0 Å². The number of aromatic nitrogens is 4. The van der Waals surface area contributed by atoms with Crippen LogP contribution in [0.25, 0.3) is 11.4 Å². The number of rotatable bonds is 5. The van der Waals surface area contributed by atoms with Crippen molar-refractivity contribution in [1.29, 1.82) is 0 Å². The molecule has 0 amide bonds. The topological polar surface area (TPSA) is 79.1 Å². The Balaban J connectivity index is 2.00. The number of hydrogen-bond donors (Lipinski definition) is 0. The Hall–Kier alpha value is -3.22. The second-order valence-electron chi connectivity index (χ2n) is 6.86. The summed E-state index contributed by atoms with van der Waals surface area (Å²) in [6, 6.07) is 13.0. The highest BCUT2D eigenvalue weighted by Crippen LogP contribution is 2.27. The molecule has 0 aliphatic heterocycles. The fourth-order valence-electron chi connectivity index (χ4n) is 2.51. The van der Waals surface area contributed by atoms with E-state index in [-0.39, 0.29) is 17.2 Å². The maximum Gasteiger partial charge on any atom is 0.358 e. The lowest BCUT2D eigenvalue weighted by Crippen LogP contribution is -2.24. The van der Waals surface area contributed by atoms with Crippen molar-refractivity contribution in [1.82, 2.24) is 19.7 Å². The molecule has 3 aromatic rings. The Bertz CT molecular complexity index is 930. The molecule has 1 aromatic carbocycles. The number of para-hydroxylation sites is 1. The van der Waals surface area contributed by atoms with Crippen molar-refractivity contribution in [3.05, 3.63) is 54.4 Å². The molecule has 0 atom stereocenters. The smallest absolute Gasteiger partial charge is 0.358 e. The minimum absolute atomic E-state index is 0.220. The van der Waals surface area contributed by atoms with Crippen molar-refractivity contribution in [3.63, 3.8) is 0 Å². The Labute approximate surface area is 158 Å². The number of ether oxygens (including phenoxy) is 2. The van der Waals surface area contributed by atoms with E-state index in [0.29, 0.717) is 23.7 Å². The van der Waals surface area contributed by atoms with Crippen molar-refractivity contribution in [2.45, 2.75) is 33.2 Å². The van der Waals surface area contributed by atoms with Crippen LogP contribution < -0.4 is 4.74 Å². The Morgan fingerprint density at radius 1 is 1.15 bits per heavy atom. The highest BCUT2D eigenvalue weighted by molar-refractivity contribution is 5.88. The van der Waals surface area contributed by atoms with Crippen molar-refractivity contribution in [2.24, 2.45) is 0 Å². The van der Waals surface area contributed by atoms with Gasteiger partial charge >= 0.3 is 12.0 Å². The molecule has 3 rings (SSSR count). The summed E-state index contributed by atoms with van der Waals surface area (Å²) in [6.45, 7) is 8.05. The molecule has 140 valence electrons. The molecule has 0 saturated heterocycles. The standard InChI is InChI=1S/C20H22N4O3/c1-5-26-18(25)16-13-17(24(23-16)20(2,3)4)15-11-12-21-19(22-15)27-14-9-7-6-8-10-14/h6-13H,5H2,1-4H3. The predicted octanol–water partition coefficient (Wildman–Crippen LogP) is 4.06. The van der Waals surface area contributed by atoms with E-state index in [1.165, 1.54) is 0 Å². The molecule has 7 nitrogen and oxygen atoms in total. The third-order valence-corrected chi connectivity index (χ3v) is 3.68.